The number of carbonyl (C=O) groups is 2. The molecule has 2 aromatic rings. The van der Waals surface area contributed by atoms with Crippen molar-refractivity contribution in [2.24, 2.45) is 0 Å². The van der Waals surface area contributed by atoms with Gasteiger partial charge in [-0.3, -0.25) is 14.4 Å². The van der Waals surface area contributed by atoms with Crippen LogP contribution in [-0.2, 0) is 13.1 Å². The van der Waals surface area contributed by atoms with E-state index in [1.807, 2.05) is 27.7 Å². The van der Waals surface area contributed by atoms with Gasteiger partial charge in [-0.15, -0.1) is 0 Å². The molecule has 1 unspecified atom stereocenters. The topological polar surface area (TPSA) is 80.6 Å². The highest BCUT2D eigenvalue weighted by molar-refractivity contribution is 6.00. The maximum Gasteiger partial charge on any atom is 0.274 e. The molecule has 1 aromatic heterocycles. The summed E-state index contributed by atoms with van der Waals surface area (Å²) in [5.74, 6) is -2.86. The summed E-state index contributed by atoms with van der Waals surface area (Å²) in [6, 6.07) is 2.08. The van der Waals surface area contributed by atoms with Gasteiger partial charge in [0, 0.05) is 44.0 Å². The van der Waals surface area contributed by atoms with Gasteiger partial charge in [0.1, 0.15) is 17.2 Å². The summed E-state index contributed by atoms with van der Waals surface area (Å²) in [5.41, 5.74) is 0.116. The van der Waals surface area contributed by atoms with Crippen molar-refractivity contribution >= 4 is 11.8 Å². The molecule has 0 saturated heterocycles. The van der Waals surface area contributed by atoms with E-state index in [1.165, 1.54) is 37.8 Å². The molecular formula is C29H43F2N3O4. The quantitative estimate of drug-likeness (QED) is 0.486. The maximum absolute atomic E-state index is 14.1. The normalized spacial score (nSPS) is 13.4. The van der Waals surface area contributed by atoms with Gasteiger partial charge in [0.15, 0.2) is 11.4 Å². The van der Waals surface area contributed by atoms with Crippen molar-refractivity contribution in [2.75, 3.05) is 20.7 Å². The van der Waals surface area contributed by atoms with Crippen LogP contribution in [0.4, 0.5) is 8.78 Å². The standard InChI is InChI=1S/C23H27F2N3O4.C4H10.C2H6/c1-6-27(4)23(31)19-21(32-5)20(29)17(18-12(2)7-8-28(18)19)22(30)26-11-14-9-13(3)15(24)10-16(14)25;1-3-4-2;1-2/h9-10,12H,6-8,11H2,1-5H3,(H,26,30);3-4H2,1-2H3;1-2H3. The van der Waals surface area contributed by atoms with Crippen LogP contribution >= 0.6 is 0 Å². The monoisotopic (exact) mass is 535 g/mol. The Bertz CT molecular complexity index is 1180. The van der Waals surface area contributed by atoms with Crippen molar-refractivity contribution in [1.82, 2.24) is 14.8 Å². The van der Waals surface area contributed by atoms with Gasteiger partial charge in [-0.1, -0.05) is 47.5 Å². The van der Waals surface area contributed by atoms with E-state index in [9.17, 15) is 23.2 Å². The highest BCUT2D eigenvalue weighted by atomic mass is 19.1. The van der Waals surface area contributed by atoms with Crippen LogP contribution in [0.25, 0.3) is 0 Å². The van der Waals surface area contributed by atoms with Crippen molar-refractivity contribution in [3.63, 3.8) is 0 Å². The van der Waals surface area contributed by atoms with Gasteiger partial charge in [0.05, 0.1) is 7.11 Å². The largest absolute Gasteiger partial charge is 0.491 e. The lowest BCUT2D eigenvalue weighted by atomic mass is 10.00. The zero-order chi connectivity index (χ0) is 29.2. The molecule has 1 aliphatic rings. The second-order valence-electron chi connectivity index (χ2n) is 9.01. The van der Waals surface area contributed by atoms with E-state index < -0.39 is 23.0 Å². The Hall–Kier alpha value is -3.23. The van der Waals surface area contributed by atoms with Gasteiger partial charge in [0.2, 0.25) is 5.43 Å². The van der Waals surface area contributed by atoms with E-state index >= 15 is 0 Å². The highest BCUT2D eigenvalue weighted by Gasteiger charge is 2.35. The average Bonchev–Trinajstić information content (AvgIpc) is 3.29. The van der Waals surface area contributed by atoms with Crippen LogP contribution in [0.3, 0.4) is 0 Å². The predicted octanol–water partition coefficient (Wildman–Crippen LogP) is 5.81. The van der Waals surface area contributed by atoms with Crippen LogP contribution in [-0.4, -0.2) is 42.0 Å². The third kappa shape index (κ3) is 7.20. The second-order valence-corrected chi connectivity index (χ2v) is 9.01. The summed E-state index contributed by atoms with van der Waals surface area (Å²) in [6.45, 7) is 14.2. The first-order valence-electron chi connectivity index (χ1n) is 13.4. The van der Waals surface area contributed by atoms with Gasteiger partial charge >= 0.3 is 0 Å². The number of carbonyl (C=O) groups excluding carboxylic acids is 2. The minimum absolute atomic E-state index is 0.102. The molecule has 0 bridgehead atoms. The molecule has 1 N–H and O–H groups in total. The van der Waals surface area contributed by atoms with Crippen molar-refractivity contribution in [1.29, 1.82) is 0 Å². The molecule has 38 heavy (non-hydrogen) atoms. The summed E-state index contributed by atoms with van der Waals surface area (Å²) < 4.78 is 34.6. The first kappa shape index (κ1) is 32.8. The zero-order valence-corrected chi connectivity index (χ0v) is 24.3. The third-order valence-corrected chi connectivity index (χ3v) is 6.44. The molecule has 3 rings (SSSR count). The van der Waals surface area contributed by atoms with E-state index in [1.54, 1.807) is 11.6 Å². The Morgan fingerprint density at radius 3 is 2.26 bits per heavy atom. The van der Waals surface area contributed by atoms with Crippen LogP contribution in [0.15, 0.2) is 16.9 Å². The summed E-state index contributed by atoms with van der Waals surface area (Å²) >= 11 is 0. The van der Waals surface area contributed by atoms with Gasteiger partial charge in [-0.25, -0.2) is 8.78 Å². The van der Waals surface area contributed by atoms with Gasteiger partial charge < -0.3 is 19.5 Å². The number of ether oxygens (including phenoxy) is 1. The molecule has 1 aromatic carbocycles. The molecule has 1 atom stereocenters. The van der Waals surface area contributed by atoms with E-state index in [0.29, 0.717) is 25.2 Å². The molecule has 212 valence electrons. The molecule has 0 fully saturated rings. The van der Waals surface area contributed by atoms with Crippen LogP contribution in [0, 0.1) is 18.6 Å². The number of amides is 2. The second kappa shape index (κ2) is 15.2. The average molecular weight is 536 g/mol. The number of nitrogens with one attached hydrogen (secondary N) is 1. The Labute approximate surface area is 225 Å². The van der Waals surface area contributed by atoms with Crippen molar-refractivity contribution in [3.05, 3.63) is 62.1 Å². The Morgan fingerprint density at radius 1 is 1.13 bits per heavy atom. The Balaban J connectivity index is 0.00000110. The fourth-order valence-electron chi connectivity index (χ4n) is 3.98. The molecular weight excluding hydrogens is 492 g/mol. The fraction of sp³-hybridized carbons (Fsp3) is 0.552. The van der Waals surface area contributed by atoms with Gasteiger partial charge in [0.25, 0.3) is 11.8 Å². The van der Waals surface area contributed by atoms with Gasteiger partial charge in [-0.2, -0.15) is 0 Å². The summed E-state index contributed by atoms with van der Waals surface area (Å²) in [4.78, 5) is 40.8. The third-order valence-electron chi connectivity index (χ3n) is 6.44. The minimum Gasteiger partial charge on any atom is -0.491 e. The minimum atomic E-state index is -0.787. The predicted molar refractivity (Wildman–Crippen MR) is 147 cm³/mol. The summed E-state index contributed by atoms with van der Waals surface area (Å²) in [7, 11) is 2.90. The Morgan fingerprint density at radius 2 is 1.74 bits per heavy atom. The van der Waals surface area contributed by atoms with E-state index in [0.717, 1.165) is 6.07 Å². The molecule has 9 heteroatoms. The van der Waals surface area contributed by atoms with E-state index in [2.05, 4.69) is 19.2 Å². The number of benzene rings is 1. The number of aromatic nitrogens is 1. The smallest absolute Gasteiger partial charge is 0.274 e. The number of hydrogen-bond donors (Lipinski definition) is 1. The number of halogens is 2. The number of pyridine rings is 1. The van der Waals surface area contributed by atoms with Crippen molar-refractivity contribution < 1.29 is 23.1 Å². The molecule has 1 aliphatic heterocycles. The lowest BCUT2D eigenvalue weighted by Crippen LogP contribution is -2.36. The Kier molecular flexibility index (Phi) is 13.2. The number of nitrogens with zero attached hydrogens (tertiary/aromatic N) is 2. The number of hydrogen-bond acceptors (Lipinski definition) is 4. The van der Waals surface area contributed by atoms with Crippen molar-refractivity contribution in [3.8, 4) is 5.75 Å². The SMILES string of the molecule is CC.CCCC.CCN(C)C(=O)c1c(OC)c(=O)c(C(=O)NCc2cc(C)c(F)cc2F)c2n1CCC2C. The van der Waals surface area contributed by atoms with Crippen LogP contribution in [0.1, 0.15) is 104 Å². The summed E-state index contributed by atoms with van der Waals surface area (Å²) in [6.07, 6.45) is 3.29. The van der Waals surface area contributed by atoms with Crippen LogP contribution in [0.2, 0.25) is 0 Å². The lowest BCUT2D eigenvalue weighted by Gasteiger charge is -2.22. The molecule has 0 aliphatic carbocycles. The van der Waals surface area contributed by atoms with E-state index in [4.69, 9.17) is 4.74 Å². The number of rotatable bonds is 7. The molecule has 0 spiro atoms. The lowest BCUT2D eigenvalue weighted by molar-refractivity contribution is 0.0785. The number of unbranched alkanes of at least 4 members (excludes halogenated alkanes) is 1. The van der Waals surface area contributed by atoms with Crippen LogP contribution < -0.4 is 15.5 Å². The highest BCUT2D eigenvalue weighted by Crippen LogP contribution is 2.34. The number of aryl methyl sites for hydroxylation is 1. The molecule has 2 amide bonds. The molecule has 0 saturated carbocycles. The van der Waals surface area contributed by atoms with E-state index in [-0.39, 0.29) is 46.5 Å². The molecule has 7 nitrogen and oxygen atoms in total. The fourth-order valence-corrected chi connectivity index (χ4v) is 3.98. The molecule has 2 heterocycles. The van der Waals surface area contributed by atoms with Crippen LogP contribution in [0.5, 0.6) is 5.75 Å². The van der Waals surface area contributed by atoms with Crippen molar-refractivity contribution in [2.45, 2.75) is 86.7 Å². The van der Waals surface area contributed by atoms with Gasteiger partial charge in [-0.05, 0) is 37.8 Å². The first-order valence-corrected chi connectivity index (χ1v) is 13.4. The maximum atomic E-state index is 14.1. The summed E-state index contributed by atoms with van der Waals surface area (Å²) in [5, 5.41) is 2.56. The number of fused-ring (bicyclic) bond motifs is 1. The number of methoxy groups -OCH3 is 1. The zero-order valence-electron chi connectivity index (χ0n) is 24.3. The first-order chi connectivity index (χ1) is 18.0. The molecule has 0 radical (unpaired) electrons.